The monoisotopic (exact) mass is 282 g/mol. The quantitative estimate of drug-likeness (QED) is 0.809. The van der Waals surface area contributed by atoms with Crippen LogP contribution < -0.4 is 0 Å². The summed E-state index contributed by atoms with van der Waals surface area (Å²) < 4.78 is 23.5. The maximum atomic E-state index is 13.5. The summed E-state index contributed by atoms with van der Waals surface area (Å²) in [6, 6.07) is 6.03. The highest BCUT2D eigenvalue weighted by molar-refractivity contribution is 7.20. The molecule has 1 aromatic carbocycles. The molecule has 0 fully saturated rings. The van der Waals surface area contributed by atoms with E-state index >= 15 is 0 Å². The lowest BCUT2D eigenvalue weighted by Crippen LogP contribution is -2.15. The Balaban J connectivity index is 2.09. The molecule has 0 bridgehead atoms. The molecule has 6 heteroatoms. The van der Waals surface area contributed by atoms with E-state index in [0.29, 0.717) is 10.1 Å². The van der Waals surface area contributed by atoms with Crippen LogP contribution in [0.3, 0.4) is 0 Å². The Morgan fingerprint density at radius 1 is 1.32 bits per heavy atom. The lowest BCUT2D eigenvalue weighted by molar-refractivity contribution is -0.146. The second-order valence-corrected chi connectivity index (χ2v) is 4.73. The zero-order chi connectivity index (χ0) is 13.8. The second-order valence-electron chi connectivity index (χ2n) is 3.64. The predicted octanol–water partition coefficient (Wildman–Crippen LogP) is 2.76. The van der Waals surface area contributed by atoms with E-state index in [4.69, 9.17) is 4.74 Å². The molecule has 0 aliphatic heterocycles. The Bertz CT molecular complexity index is 620. The maximum absolute atomic E-state index is 13.5. The molecule has 19 heavy (non-hydrogen) atoms. The zero-order valence-corrected chi connectivity index (χ0v) is 11.0. The third kappa shape index (κ3) is 3.08. The van der Waals surface area contributed by atoms with E-state index in [-0.39, 0.29) is 11.5 Å². The van der Waals surface area contributed by atoms with Crippen molar-refractivity contribution in [2.24, 2.45) is 0 Å². The average Bonchev–Trinajstić information content (AvgIpc) is 2.82. The summed E-state index contributed by atoms with van der Waals surface area (Å²) in [7, 11) is 0. The van der Waals surface area contributed by atoms with Gasteiger partial charge in [-0.05, 0) is 25.1 Å². The molecule has 1 aromatic heterocycles. The molecule has 4 nitrogen and oxygen atoms in total. The first-order valence-corrected chi connectivity index (χ1v) is 6.44. The first-order valence-electron chi connectivity index (χ1n) is 5.62. The number of carbonyl (C=O) groups excluding carboxylic acids is 2. The number of halogens is 1. The summed E-state index contributed by atoms with van der Waals surface area (Å²) in [5, 5.41) is 0.371. The number of benzene rings is 1. The average molecular weight is 282 g/mol. The molecule has 0 spiro atoms. The van der Waals surface area contributed by atoms with Crippen molar-refractivity contribution in [3.63, 3.8) is 0 Å². The number of esters is 2. The number of fused-ring (bicyclic) bond motifs is 1. The van der Waals surface area contributed by atoms with Crippen molar-refractivity contribution in [1.82, 2.24) is 0 Å². The molecule has 0 saturated carbocycles. The summed E-state index contributed by atoms with van der Waals surface area (Å²) in [6.07, 6.45) is 0. The normalized spacial score (nSPS) is 10.4. The third-order valence-corrected chi connectivity index (χ3v) is 3.42. The van der Waals surface area contributed by atoms with Gasteiger partial charge in [-0.15, -0.1) is 11.3 Å². The molecule has 0 aliphatic carbocycles. The van der Waals surface area contributed by atoms with E-state index in [9.17, 15) is 14.0 Å². The number of rotatable bonds is 4. The molecular weight excluding hydrogens is 271 g/mol. The van der Waals surface area contributed by atoms with Crippen LogP contribution in [-0.2, 0) is 14.3 Å². The highest BCUT2D eigenvalue weighted by Crippen LogP contribution is 2.27. The maximum Gasteiger partial charge on any atom is 0.348 e. The van der Waals surface area contributed by atoms with Gasteiger partial charge in [-0.25, -0.2) is 14.0 Å². The van der Waals surface area contributed by atoms with Crippen LogP contribution in [0.2, 0.25) is 0 Å². The molecule has 0 unspecified atom stereocenters. The molecule has 100 valence electrons. The molecule has 0 amide bonds. The number of hydrogen-bond donors (Lipinski definition) is 0. The van der Waals surface area contributed by atoms with Crippen LogP contribution in [0, 0.1) is 5.82 Å². The van der Waals surface area contributed by atoms with Gasteiger partial charge in [0, 0.05) is 10.1 Å². The zero-order valence-electron chi connectivity index (χ0n) is 10.1. The Morgan fingerprint density at radius 2 is 2.11 bits per heavy atom. The first-order chi connectivity index (χ1) is 9.11. The second kappa shape index (κ2) is 5.79. The smallest absolute Gasteiger partial charge is 0.348 e. The van der Waals surface area contributed by atoms with E-state index in [1.807, 2.05) is 0 Å². The molecule has 0 atom stereocenters. The van der Waals surface area contributed by atoms with Gasteiger partial charge < -0.3 is 9.47 Å². The van der Waals surface area contributed by atoms with Crippen LogP contribution in [0.1, 0.15) is 16.6 Å². The Morgan fingerprint density at radius 3 is 2.79 bits per heavy atom. The summed E-state index contributed by atoms with van der Waals surface area (Å²) in [5.41, 5.74) is 0. The van der Waals surface area contributed by atoms with Crippen molar-refractivity contribution in [2.45, 2.75) is 6.92 Å². The number of ether oxygens (including phenoxy) is 2. The van der Waals surface area contributed by atoms with Crippen molar-refractivity contribution in [3.05, 3.63) is 35.0 Å². The van der Waals surface area contributed by atoms with E-state index in [1.54, 1.807) is 19.1 Å². The van der Waals surface area contributed by atoms with Crippen molar-refractivity contribution in [2.75, 3.05) is 13.2 Å². The number of thiophene rings is 1. The topological polar surface area (TPSA) is 52.6 Å². The minimum absolute atomic E-state index is 0.227. The van der Waals surface area contributed by atoms with Gasteiger partial charge in [-0.2, -0.15) is 0 Å². The minimum atomic E-state index is -0.659. The van der Waals surface area contributed by atoms with Crippen LogP contribution in [0.5, 0.6) is 0 Å². The summed E-state index contributed by atoms with van der Waals surface area (Å²) >= 11 is 1.12. The lowest BCUT2D eigenvalue weighted by Gasteiger charge is -2.02. The van der Waals surface area contributed by atoms with Crippen LogP contribution in [0.4, 0.5) is 4.39 Å². The van der Waals surface area contributed by atoms with Crippen LogP contribution in [-0.4, -0.2) is 25.2 Å². The molecule has 0 N–H and O–H groups in total. The summed E-state index contributed by atoms with van der Waals surface area (Å²) in [5.74, 6) is -1.66. The molecular formula is C13H11FO4S. The van der Waals surface area contributed by atoms with Crippen LogP contribution in [0.25, 0.3) is 10.1 Å². The largest absolute Gasteiger partial charge is 0.463 e. The van der Waals surface area contributed by atoms with E-state index in [0.717, 1.165) is 11.3 Å². The molecule has 0 saturated heterocycles. The van der Waals surface area contributed by atoms with Crippen molar-refractivity contribution in [1.29, 1.82) is 0 Å². The number of carbonyl (C=O) groups is 2. The van der Waals surface area contributed by atoms with Crippen LogP contribution >= 0.6 is 11.3 Å². The first kappa shape index (κ1) is 13.5. The SMILES string of the molecule is CCOC(=O)COC(=O)c1cc2c(F)cccc2s1. The molecule has 1 heterocycles. The molecule has 0 radical (unpaired) electrons. The molecule has 2 aromatic rings. The van der Waals surface area contributed by atoms with Gasteiger partial charge in [0.2, 0.25) is 0 Å². The fourth-order valence-corrected chi connectivity index (χ4v) is 2.49. The van der Waals surface area contributed by atoms with Gasteiger partial charge in [0.1, 0.15) is 10.7 Å². The highest BCUT2D eigenvalue weighted by atomic mass is 32.1. The fraction of sp³-hybridized carbons (Fsp3) is 0.231. The lowest BCUT2D eigenvalue weighted by atomic mass is 10.2. The van der Waals surface area contributed by atoms with Crippen molar-refractivity contribution < 1.29 is 23.5 Å². The van der Waals surface area contributed by atoms with E-state index in [2.05, 4.69) is 4.74 Å². The summed E-state index contributed by atoms with van der Waals surface area (Å²) in [6.45, 7) is 1.45. The number of hydrogen-bond acceptors (Lipinski definition) is 5. The Hall–Kier alpha value is -1.95. The standard InChI is InChI=1S/C13H11FO4S/c1-2-17-12(15)7-18-13(16)11-6-8-9(14)4-3-5-10(8)19-11/h3-6H,2,7H2,1H3. The Labute approximate surface area is 112 Å². The third-order valence-electron chi connectivity index (χ3n) is 2.34. The predicted molar refractivity (Wildman–Crippen MR) is 68.7 cm³/mol. The minimum Gasteiger partial charge on any atom is -0.463 e. The van der Waals surface area contributed by atoms with Crippen LogP contribution in [0.15, 0.2) is 24.3 Å². The van der Waals surface area contributed by atoms with Gasteiger partial charge in [-0.3, -0.25) is 0 Å². The van der Waals surface area contributed by atoms with Gasteiger partial charge in [0.25, 0.3) is 0 Å². The van der Waals surface area contributed by atoms with Crippen molar-refractivity contribution in [3.8, 4) is 0 Å². The van der Waals surface area contributed by atoms with Gasteiger partial charge in [-0.1, -0.05) is 6.07 Å². The molecule has 0 aliphatic rings. The van der Waals surface area contributed by atoms with E-state index in [1.165, 1.54) is 12.1 Å². The highest BCUT2D eigenvalue weighted by Gasteiger charge is 2.15. The van der Waals surface area contributed by atoms with Gasteiger partial charge in [0.05, 0.1) is 6.61 Å². The van der Waals surface area contributed by atoms with Crippen molar-refractivity contribution >= 4 is 33.4 Å². The fourth-order valence-electron chi connectivity index (χ4n) is 1.52. The Kier molecular flexibility index (Phi) is 4.11. The molecule has 2 rings (SSSR count). The van der Waals surface area contributed by atoms with Gasteiger partial charge in [0.15, 0.2) is 6.61 Å². The van der Waals surface area contributed by atoms with Gasteiger partial charge >= 0.3 is 11.9 Å². The van der Waals surface area contributed by atoms with E-state index < -0.39 is 24.4 Å². The summed E-state index contributed by atoms with van der Waals surface area (Å²) in [4.78, 5) is 23.0.